The number of nitrogens with zero attached hydrogens (tertiary/aromatic N) is 1. The third kappa shape index (κ3) is 3.40. The molecule has 21 heavy (non-hydrogen) atoms. The molecular formula is C16H21NO3S. The van der Waals surface area contributed by atoms with Crippen molar-refractivity contribution in [1.82, 2.24) is 4.90 Å². The number of aliphatic carboxylic acids is 1. The lowest BCUT2D eigenvalue weighted by atomic mass is 9.84. The van der Waals surface area contributed by atoms with Gasteiger partial charge in [0, 0.05) is 17.9 Å². The maximum Gasteiger partial charge on any atom is 0.308 e. The molecule has 114 valence electrons. The van der Waals surface area contributed by atoms with Crippen molar-refractivity contribution in [1.29, 1.82) is 0 Å². The van der Waals surface area contributed by atoms with Crippen molar-refractivity contribution in [3.8, 4) is 0 Å². The zero-order valence-electron chi connectivity index (χ0n) is 12.4. The Balaban J connectivity index is 2.37. The maximum atomic E-state index is 12.2. The van der Waals surface area contributed by atoms with Crippen LogP contribution in [0.1, 0.15) is 37.8 Å². The van der Waals surface area contributed by atoms with Gasteiger partial charge in [-0.05, 0) is 36.8 Å². The lowest BCUT2D eigenvalue weighted by Crippen LogP contribution is -2.45. The average molecular weight is 307 g/mol. The molecule has 0 aliphatic carbocycles. The fraction of sp³-hybridized carbons (Fsp3) is 0.500. The van der Waals surface area contributed by atoms with Gasteiger partial charge in [-0.2, -0.15) is 0 Å². The van der Waals surface area contributed by atoms with E-state index in [1.807, 2.05) is 37.4 Å². The highest BCUT2D eigenvalue weighted by Crippen LogP contribution is 2.37. The first-order valence-corrected chi connectivity index (χ1v) is 8.47. The van der Waals surface area contributed by atoms with Crippen LogP contribution in [0.3, 0.4) is 0 Å². The minimum Gasteiger partial charge on any atom is -0.481 e. The number of carboxylic acid groups (broad SMARTS) is 1. The summed E-state index contributed by atoms with van der Waals surface area (Å²) in [4.78, 5) is 26.6. The third-order valence-electron chi connectivity index (χ3n) is 3.95. The van der Waals surface area contributed by atoms with E-state index in [9.17, 15) is 14.7 Å². The van der Waals surface area contributed by atoms with Gasteiger partial charge >= 0.3 is 5.97 Å². The summed E-state index contributed by atoms with van der Waals surface area (Å²) in [5.41, 5.74) is 0.918. The van der Waals surface area contributed by atoms with Crippen LogP contribution in [0.25, 0.3) is 0 Å². The van der Waals surface area contributed by atoms with E-state index in [2.05, 4.69) is 0 Å². The van der Waals surface area contributed by atoms with Gasteiger partial charge in [-0.1, -0.05) is 19.1 Å². The summed E-state index contributed by atoms with van der Waals surface area (Å²) in [6.45, 7) is 2.61. The van der Waals surface area contributed by atoms with Crippen molar-refractivity contribution in [2.24, 2.45) is 5.92 Å². The van der Waals surface area contributed by atoms with Crippen LogP contribution in [0.15, 0.2) is 29.2 Å². The number of likely N-dealkylation sites (tertiary alicyclic amines) is 1. The van der Waals surface area contributed by atoms with Crippen molar-refractivity contribution in [2.45, 2.75) is 37.1 Å². The average Bonchev–Trinajstić information content (AvgIpc) is 2.49. The Bertz CT molecular complexity index is 515. The van der Waals surface area contributed by atoms with Crippen LogP contribution in [-0.2, 0) is 9.59 Å². The van der Waals surface area contributed by atoms with E-state index < -0.39 is 11.9 Å². The van der Waals surface area contributed by atoms with Crippen LogP contribution in [0.4, 0.5) is 0 Å². The molecule has 1 aliphatic heterocycles. The second kappa shape index (κ2) is 6.98. The van der Waals surface area contributed by atoms with Gasteiger partial charge in [0.25, 0.3) is 0 Å². The molecule has 2 unspecified atom stereocenters. The van der Waals surface area contributed by atoms with Crippen molar-refractivity contribution in [2.75, 3.05) is 12.8 Å². The van der Waals surface area contributed by atoms with E-state index in [4.69, 9.17) is 0 Å². The molecule has 0 radical (unpaired) electrons. The Labute approximate surface area is 129 Å². The molecule has 1 aromatic carbocycles. The number of benzene rings is 1. The predicted octanol–water partition coefficient (Wildman–Crippen LogP) is 3.18. The fourth-order valence-electron chi connectivity index (χ4n) is 2.93. The number of amides is 1. The van der Waals surface area contributed by atoms with E-state index in [-0.39, 0.29) is 11.9 Å². The van der Waals surface area contributed by atoms with Crippen molar-refractivity contribution in [3.63, 3.8) is 0 Å². The molecule has 0 spiro atoms. The van der Waals surface area contributed by atoms with E-state index in [0.29, 0.717) is 19.4 Å². The topological polar surface area (TPSA) is 57.6 Å². The Hall–Kier alpha value is -1.49. The first-order chi connectivity index (χ1) is 10.1. The molecule has 4 nitrogen and oxygen atoms in total. The van der Waals surface area contributed by atoms with E-state index >= 15 is 0 Å². The zero-order chi connectivity index (χ0) is 15.4. The molecule has 1 saturated heterocycles. The third-order valence-corrected chi connectivity index (χ3v) is 4.69. The van der Waals surface area contributed by atoms with Crippen molar-refractivity contribution < 1.29 is 14.7 Å². The van der Waals surface area contributed by atoms with Crippen LogP contribution in [0, 0.1) is 5.92 Å². The smallest absolute Gasteiger partial charge is 0.308 e. The SMILES string of the molecule is CCCN1C(=O)CCC(C(=O)O)C1c1ccc(SC)cc1. The van der Waals surface area contributed by atoms with Crippen LogP contribution in [0.2, 0.25) is 0 Å². The van der Waals surface area contributed by atoms with Gasteiger partial charge in [-0.3, -0.25) is 9.59 Å². The molecule has 1 aromatic rings. The molecule has 0 aromatic heterocycles. The number of thioether (sulfide) groups is 1. The summed E-state index contributed by atoms with van der Waals surface area (Å²) in [7, 11) is 0. The highest BCUT2D eigenvalue weighted by atomic mass is 32.2. The molecule has 1 heterocycles. The quantitative estimate of drug-likeness (QED) is 0.849. The number of piperidine rings is 1. The zero-order valence-corrected chi connectivity index (χ0v) is 13.2. The summed E-state index contributed by atoms with van der Waals surface area (Å²) in [5, 5.41) is 9.50. The van der Waals surface area contributed by atoms with Gasteiger partial charge in [0.2, 0.25) is 5.91 Å². The second-order valence-electron chi connectivity index (χ2n) is 5.29. The van der Waals surface area contributed by atoms with Gasteiger partial charge in [0.05, 0.1) is 12.0 Å². The standard InChI is InChI=1S/C16H21NO3S/c1-3-10-17-14(18)9-8-13(16(19)20)15(17)11-4-6-12(21-2)7-5-11/h4-7,13,15H,3,8-10H2,1-2H3,(H,19,20). The molecule has 5 heteroatoms. The molecule has 1 amide bonds. The molecule has 2 rings (SSSR count). The molecule has 0 bridgehead atoms. The van der Waals surface area contributed by atoms with Gasteiger partial charge < -0.3 is 10.0 Å². The monoisotopic (exact) mass is 307 g/mol. The Morgan fingerprint density at radius 1 is 1.38 bits per heavy atom. The van der Waals surface area contributed by atoms with Gasteiger partial charge in [0.15, 0.2) is 0 Å². The van der Waals surface area contributed by atoms with Gasteiger partial charge in [0.1, 0.15) is 0 Å². The Kier molecular flexibility index (Phi) is 5.28. The summed E-state index contributed by atoms with van der Waals surface area (Å²) in [5.74, 6) is -1.27. The highest BCUT2D eigenvalue weighted by Gasteiger charge is 2.40. The molecule has 0 saturated carbocycles. The summed E-state index contributed by atoms with van der Waals surface area (Å²) < 4.78 is 0. The minimum absolute atomic E-state index is 0.0632. The van der Waals surface area contributed by atoms with Gasteiger partial charge in [-0.25, -0.2) is 0 Å². The Morgan fingerprint density at radius 2 is 2.05 bits per heavy atom. The normalized spacial score (nSPS) is 22.4. The van der Waals surface area contributed by atoms with Crippen LogP contribution in [0.5, 0.6) is 0 Å². The van der Waals surface area contributed by atoms with Crippen LogP contribution < -0.4 is 0 Å². The second-order valence-corrected chi connectivity index (χ2v) is 6.17. The number of hydrogen-bond donors (Lipinski definition) is 1. The van der Waals surface area contributed by atoms with E-state index in [1.165, 1.54) is 0 Å². The summed E-state index contributed by atoms with van der Waals surface area (Å²) in [6, 6.07) is 7.53. The molecular weight excluding hydrogens is 286 g/mol. The molecule has 1 fully saturated rings. The van der Waals surface area contributed by atoms with E-state index in [0.717, 1.165) is 16.9 Å². The maximum absolute atomic E-state index is 12.2. The number of hydrogen-bond acceptors (Lipinski definition) is 3. The highest BCUT2D eigenvalue weighted by molar-refractivity contribution is 7.98. The summed E-state index contributed by atoms with van der Waals surface area (Å²) in [6.07, 6.45) is 3.58. The predicted molar refractivity (Wildman–Crippen MR) is 83.3 cm³/mol. The molecule has 1 aliphatic rings. The lowest BCUT2D eigenvalue weighted by molar-refractivity contribution is -0.152. The summed E-state index contributed by atoms with van der Waals surface area (Å²) >= 11 is 1.65. The molecule has 1 N–H and O–H groups in total. The number of carbonyl (C=O) groups is 2. The first-order valence-electron chi connectivity index (χ1n) is 7.24. The van der Waals surface area contributed by atoms with Crippen molar-refractivity contribution in [3.05, 3.63) is 29.8 Å². The number of carboxylic acids is 1. The van der Waals surface area contributed by atoms with Crippen molar-refractivity contribution >= 4 is 23.6 Å². The number of carbonyl (C=O) groups excluding carboxylic acids is 1. The van der Waals surface area contributed by atoms with Crippen LogP contribution >= 0.6 is 11.8 Å². The number of rotatable bonds is 5. The van der Waals surface area contributed by atoms with Gasteiger partial charge in [-0.15, -0.1) is 11.8 Å². The lowest BCUT2D eigenvalue weighted by Gasteiger charge is -2.39. The van der Waals surface area contributed by atoms with Crippen LogP contribution in [-0.4, -0.2) is 34.7 Å². The van der Waals surface area contributed by atoms with E-state index in [1.54, 1.807) is 16.7 Å². The first kappa shape index (κ1) is 15.9. The largest absolute Gasteiger partial charge is 0.481 e. The fourth-order valence-corrected chi connectivity index (χ4v) is 3.34. The minimum atomic E-state index is -0.817. The Morgan fingerprint density at radius 3 is 2.57 bits per heavy atom. The molecule has 2 atom stereocenters.